The van der Waals surface area contributed by atoms with Gasteiger partial charge in [-0.3, -0.25) is 4.99 Å². The molecule has 2 aromatic rings. The van der Waals surface area contributed by atoms with Crippen molar-refractivity contribution in [3.8, 4) is 28.7 Å². The second-order valence-corrected chi connectivity index (χ2v) is 5.20. The highest BCUT2D eigenvalue weighted by molar-refractivity contribution is 5.93. The van der Waals surface area contributed by atoms with Crippen molar-refractivity contribution in [2.45, 2.75) is 6.04 Å². The first kappa shape index (κ1) is 14.9. The first-order valence-corrected chi connectivity index (χ1v) is 7.17. The molecule has 0 fully saturated rings. The van der Waals surface area contributed by atoms with Crippen molar-refractivity contribution in [1.82, 2.24) is 0 Å². The molecule has 0 bridgehead atoms. The first-order chi connectivity index (χ1) is 11.2. The lowest BCUT2D eigenvalue weighted by Gasteiger charge is -2.18. The first-order valence-electron chi connectivity index (χ1n) is 7.17. The normalized spacial score (nSPS) is 14.9. The Kier molecular flexibility index (Phi) is 3.86. The van der Waals surface area contributed by atoms with Gasteiger partial charge in [-0.25, -0.2) is 0 Å². The van der Waals surface area contributed by atoms with Crippen molar-refractivity contribution >= 4 is 6.21 Å². The molecular weight excluding hydrogens is 288 g/mol. The molecule has 4 nitrogen and oxygen atoms in total. The van der Waals surface area contributed by atoms with Crippen LogP contribution in [0.2, 0.25) is 0 Å². The Morgan fingerprint density at radius 3 is 2.52 bits per heavy atom. The number of benzene rings is 2. The van der Waals surface area contributed by atoms with E-state index in [1.807, 2.05) is 36.4 Å². The molecule has 1 aliphatic heterocycles. The summed E-state index contributed by atoms with van der Waals surface area (Å²) in [5.74, 6) is 1.25. The number of methoxy groups -OCH3 is 2. The van der Waals surface area contributed by atoms with Crippen LogP contribution in [0.4, 0.5) is 0 Å². The van der Waals surface area contributed by atoms with Crippen molar-refractivity contribution in [2.75, 3.05) is 14.2 Å². The molecule has 0 radical (unpaired) electrons. The van der Waals surface area contributed by atoms with Gasteiger partial charge in [-0.1, -0.05) is 30.8 Å². The zero-order chi connectivity index (χ0) is 16.4. The Hall–Kier alpha value is -3.06. The average molecular weight is 304 g/mol. The van der Waals surface area contributed by atoms with Gasteiger partial charge < -0.3 is 9.47 Å². The van der Waals surface area contributed by atoms with Crippen molar-refractivity contribution < 1.29 is 9.47 Å². The zero-order valence-electron chi connectivity index (χ0n) is 13.0. The maximum Gasteiger partial charge on any atom is 0.161 e. The summed E-state index contributed by atoms with van der Waals surface area (Å²) in [4.78, 5) is 4.56. The van der Waals surface area contributed by atoms with E-state index in [0.29, 0.717) is 17.1 Å². The predicted octanol–water partition coefficient (Wildman–Crippen LogP) is 3.92. The molecule has 2 aromatic carbocycles. The van der Waals surface area contributed by atoms with Gasteiger partial charge in [0.1, 0.15) is 6.04 Å². The Balaban J connectivity index is 2.34. The quantitative estimate of drug-likeness (QED) is 0.807. The summed E-state index contributed by atoms with van der Waals surface area (Å²) in [6.45, 7) is 3.85. The molecular formula is C19H16N2O2. The van der Waals surface area contributed by atoms with Gasteiger partial charge in [0.25, 0.3) is 0 Å². The van der Waals surface area contributed by atoms with Gasteiger partial charge in [-0.15, -0.1) is 0 Å². The molecule has 0 aromatic heterocycles. The molecule has 4 heteroatoms. The van der Waals surface area contributed by atoms with E-state index in [-0.39, 0.29) is 0 Å². The van der Waals surface area contributed by atoms with E-state index < -0.39 is 6.04 Å². The maximum atomic E-state index is 9.27. The van der Waals surface area contributed by atoms with Crippen LogP contribution in [-0.2, 0) is 0 Å². The molecule has 114 valence electrons. The van der Waals surface area contributed by atoms with E-state index >= 15 is 0 Å². The van der Waals surface area contributed by atoms with Crippen LogP contribution in [0.5, 0.6) is 11.5 Å². The average Bonchev–Trinajstić information content (AvgIpc) is 2.76. The molecule has 23 heavy (non-hydrogen) atoms. The summed E-state index contributed by atoms with van der Waals surface area (Å²) in [5.41, 5.74) is 4.28. The molecule has 1 aliphatic rings. The monoisotopic (exact) mass is 304 g/mol. The van der Waals surface area contributed by atoms with Gasteiger partial charge in [0, 0.05) is 11.8 Å². The highest BCUT2D eigenvalue weighted by atomic mass is 16.5. The van der Waals surface area contributed by atoms with E-state index in [1.165, 1.54) is 0 Å². The zero-order valence-corrected chi connectivity index (χ0v) is 13.0. The molecule has 1 heterocycles. The molecule has 0 amide bonds. The number of hydrogen-bond acceptors (Lipinski definition) is 4. The highest BCUT2D eigenvalue weighted by Gasteiger charge is 2.24. The minimum Gasteiger partial charge on any atom is -0.493 e. The second-order valence-electron chi connectivity index (χ2n) is 5.20. The summed E-state index contributed by atoms with van der Waals surface area (Å²) in [7, 11) is 3.20. The van der Waals surface area contributed by atoms with Crippen LogP contribution in [-0.4, -0.2) is 20.4 Å². The van der Waals surface area contributed by atoms with Crippen molar-refractivity contribution in [1.29, 1.82) is 5.26 Å². The Morgan fingerprint density at radius 1 is 1.13 bits per heavy atom. The van der Waals surface area contributed by atoms with Crippen LogP contribution in [0.3, 0.4) is 0 Å². The van der Waals surface area contributed by atoms with Crippen LogP contribution in [0.1, 0.15) is 17.2 Å². The van der Waals surface area contributed by atoms with Gasteiger partial charge in [-0.2, -0.15) is 5.26 Å². The lowest BCUT2D eigenvalue weighted by atomic mass is 9.91. The van der Waals surface area contributed by atoms with Crippen LogP contribution < -0.4 is 9.47 Å². The Labute approximate surface area is 135 Å². The van der Waals surface area contributed by atoms with Crippen LogP contribution in [0.25, 0.3) is 11.1 Å². The largest absolute Gasteiger partial charge is 0.493 e. The van der Waals surface area contributed by atoms with Crippen LogP contribution >= 0.6 is 0 Å². The minimum atomic E-state index is -0.429. The second kappa shape index (κ2) is 5.98. The maximum absolute atomic E-state index is 9.27. The summed E-state index contributed by atoms with van der Waals surface area (Å²) in [6.07, 6.45) is 1.79. The summed E-state index contributed by atoms with van der Waals surface area (Å²) < 4.78 is 10.8. The molecule has 1 unspecified atom stereocenters. The topological polar surface area (TPSA) is 54.6 Å². The van der Waals surface area contributed by atoms with E-state index in [2.05, 4.69) is 17.6 Å². The fraction of sp³-hybridized carbons (Fsp3) is 0.158. The Morgan fingerprint density at radius 2 is 1.83 bits per heavy atom. The van der Waals surface area contributed by atoms with Gasteiger partial charge in [-0.05, 0) is 28.8 Å². The Bertz CT molecular complexity index is 847. The minimum absolute atomic E-state index is 0.391. The SMILES string of the molecule is C=C(C#N)C1N=Cc2ccccc2-c2cc(OC)c(OC)cc21. The third kappa shape index (κ3) is 2.47. The summed E-state index contributed by atoms with van der Waals surface area (Å²) in [6, 6.07) is 13.5. The fourth-order valence-corrected chi connectivity index (χ4v) is 2.78. The molecule has 3 rings (SSSR count). The fourth-order valence-electron chi connectivity index (χ4n) is 2.78. The lowest BCUT2D eigenvalue weighted by molar-refractivity contribution is 0.354. The molecule has 0 saturated carbocycles. The van der Waals surface area contributed by atoms with Crippen LogP contribution in [0, 0.1) is 11.3 Å². The number of hydrogen-bond donors (Lipinski definition) is 0. The molecule has 0 N–H and O–H groups in total. The molecule has 0 aliphatic carbocycles. The van der Waals surface area contributed by atoms with E-state index in [9.17, 15) is 5.26 Å². The number of nitriles is 1. The van der Waals surface area contributed by atoms with E-state index in [4.69, 9.17) is 9.47 Å². The lowest BCUT2D eigenvalue weighted by Crippen LogP contribution is -2.01. The van der Waals surface area contributed by atoms with Crippen molar-refractivity contribution in [2.24, 2.45) is 4.99 Å². The van der Waals surface area contributed by atoms with Gasteiger partial charge in [0.05, 0.1) is 25.9 Å². The standard InChI is InChI=1S/C19H16N2O2/c1-12(10-20)19-16-9-18(23-3)17(22-2)8-15(16)14-7-5-4-6-13(14)11-21-19/h4-9,11,19H,1H2,2-3H3. The predicted molar refractivity (Wildman–Crippen MR) is 90.1 cm³/mol. The van der Waals surface area contributed by atoms with Crippen molar-refractivity contribution in [3.05, 3.63) is 59.7 Å². The third-order valence-corrected chi connectivity index (χ3v) is 3.94. The van der Waals surface area contributed by atoms with Crippen LogP contribution in [0.15, 0.2) is 53.5 Å². The number of fused-ring (bicyclic) bond motifs is 3. The number of rotatable bonds is 3. The van der Waals surface area contributed by atoms with Crippen molar-refractivity contribution in [3.63, 3.8) is 0 Å². The van der Waals surface area contributed by atoms with Gasteiger partial charge in [0.15, 0.2) is 11.5 Å². The number of nitrogens with zero attached hydrogens (tertiary/aromatic N) is 2. The molecule has 0 saturated heterocycles. The number of aliphatic imine (C=N–C) groups is 1. The third-order valence-electron chi connectivity index (χ3n) is 3.94. The summed E-state index contributed by atoms with van der Waals surface area (Å²) >= 11 is 0. The van der Waals surface area contributed by atoms with E-state index in [1.54, 1.807) is 20.4 Å². The summed E-state index contributed by atoms with van der Waals surface area (Å²) in [5, 5.41) is 9.27. The highest BCUT2D eigenvalue weighted by Crippen LogP contribution is 2.43. The number of ether oxygens (including phenoxy) is 2. The van der Waals surface area contributed by atoms with Gasteiger partial charge in [0.2, 0.25) is 0 Å². The van der Waals surface area contributed by atoms with Gasteiger partial charge >= 0.3 is 0 Å². The molecule has 0 spiro atoms. The van der Waals surface area contributed by atoms with E-state index in [0.717, 1.165) is 22.3 Å². The smallest absolute Gasteiger partial charge is 0.161 e. The molecule has 1 atom stereocenters.